The third-order valence-corrected chi connectivity index (χ3v) is 16.1. The third kappa shape index (κ3) is 58.3. The van der Waals surface area contributed by atoms with Crippen molar-refractivity contribution in [2.75, 3.05) is 39.6 Å². The first-order valence-electron chi connectivity index (χ1n) is 33.0. The second-order valence-corrected chi connectivity index (χ2v) is 25.8. The van der Waals surface area contributed by atoms with Crippen molar-refractivity contribution >= 4 is 39.5 Å². The van der Waals surface area contributed by atoms with Gasteiger partial charge in [0.1, 0.15) is 19.3 Å². The summed E-state index contributed by atoms with van der Waals surface area (Å²) in [5.74, 6) is -1.47. The minimum Gasteiger partial charge on any atom is -0.462 e. The SMILES string of the molecule is CCCCCC/C=C\C=C/CCCCCCCC(=O)O[C@H](COC(=O)CCCCCCCCCC(C)C)COP(=O)(O)OC[C@@H](O)COP(=O)(O)OC[C@@H](COC(=O)CCCCCCCCCC)OC(=O)CCCCCCCCCCCC. The van der Waals surface area contributed by atoms with Crippen LogP contribution in [0.4, 0.5) is 0 Å². The maximum Gasteiger partial charge on any atom is 0.472 e. The Morgan fingerprint density at radius 3 is 0.988 bits per heavy atom. The molecule has 3 N–H and O–H groups in total. The molecular formula is C64H120O17P2. The van der Waals surface area contributed by atoms with E-state index in [1.807, 2.05) is 0 Å². The van der Waals surface area contributed by atoms with Crippen LogP contribution in [-0.2, 0) is 65.4 Å². The van der Waals surface area contributed by atoms with E-state index in [1.54, 1.807) is 0 Å². The van der Waals surface area contributed by atoms with Crippen LogP contribution in [0.5, 0.6) is 0 Å². The number of phosphoric acid groups is 2. The van der Waals surface area contributed by atoms with Gasteiger partial charge < -0.3 is 33.8 Å². The van der Waals surface area contributed by atoms with Gasteiger partial charge in [-0.2, -0.15) is 0 Å². The molecule has 0 aliphatic heterocycles. The number of hydrogen-bond acceptors (Lipinski definition) is 15. The number of hydrogen-bond donors (Lipinski definition) is 3. The Kier molecular flexibility index (Phi) is 55.6. The Hall–Kier alpha value is -2.46. The highest BCUT2D eigenvalue weighted by Crippen LogP contribution is 2.45. The van der Waals surface area contributed by atoms with Gasteiger partial charge in [0, 0.05) is 25.7 Å². The predicted molar refractivity (Wildman–Crippen MR) is 331 cm³/mol. The number of aliphatic hydroxyl groups is 1. The van der Waals surface area contributed by atoms with Crippen LogP contribution >= 0.6 is 15.6 Å². The molecule has 0 radical (unpaired) electrons. The van der Waals surface area contributed by atoms with E-state index in [9.17, 15) is 43.2 Å². The van der Waals surface area contributed by atoms with Crippen LogP contribution in [0.1, 0.15) is 298 Å². The van der Waals surface area contributed by atoms with Gasteiger partial charge in [-0.05, 0) is 57.3 Å². The molecular weight excluding hydrogens is 1100 g/mol. The lowest BCUT2D eigenvalue weighted by atomic mass is 10.0. The van der Waals surface area contributed by atoms with E-state index in [0.29, 0.717) is 31.6 Å². The van der Waals surface area contributed by atoms with Gasteiger partial charge in [0.25, 0.3) is 0 Å². The molecule has 0 bridgehead atoms. The van der Waals surface area contributed by atoms with Crippen LogP contribution in [0.15, 0.2) is 24.3 Å². The molecule has 0 fully saturated rings. The fourth-order valence-electron chi connectivity index (χ4n) is 9.04. The zero-order valence-corrected chi connectivity index (χ0v) is 54.6. The van der Waals surface area contributed by atoms with Crippen LogP contribution in [0.25, 0.3) is 0 Å². The van der Waals surface area contributed by atoms with Crippen LogP contribution in [0, 0.1) is 5.92 Å². The van der Waals surface area contributed by atoms with Crippen LogP contribution in [0.3, 0.4) is 0 Å². The number of allylic oxidation sites excluding steroid dienone is 4. The summed E-state index contributed by atoms with van der Waals surface area (Å²) in [5, 5.41) is 10.5. The number of ether oxygens (including phenoxy) is 4. The molecule has 0 aromatic carbocycles. The van der Waals surface area contributed by atoms with Crippen molar-refractivity contribution in [2.45, 2.75) is 316 Å². The van der Waals surface area contributed by atoms with Crippen molar-refractivity contribution in [3.63, 3.8) is 0 Å². The number of phosphoric ester groups is 2. The Morgan fingerprint density at radius 1 is 0.373 bits per heavy atom. The van der Waals surface area contributed by atoms with E-state index in [-0.39, 0.29) is 25.7 Å². The summed E-state index contributed by atoms with van der Waals surface area (Å²) in [6.07, 6.45) is 44.0. The van der Waals surface area contributed by atoms with Gasteiger partial charge in [-0.3, -0.25) is 37.3 Å². The fourth-order valence-corrected chi connectivity index (χ4v) is 10.6. The number of carbonyl (C=O) groups is 4. The maximum absolute atomic E-state index is 13.0. The van der Waals surface area contributed by atoms with Crippen molar-refractivity contribution in [3.05, 3.63) is 24.3 Å². The maximum atomic E-state index is 13.0. The van der Waals surface area contributed by atoms with E-state index in [4.69, 9.17) is 37.0 Å². The van der Waals surface area contributed by atoms with Gasteiger partial charge in [-0.25, -0.2) is 9.13 Å². The van der Waals surface area contributed by atoms with Crippen molar-refractivity contribution in [1.29, 1.82) is 0 Å². The van der Waals surface area contributed by atoms with Gasteiger partial charge in [-0.1, -0.05) is 245 Å². The van der Waals surface area contributed by atoms with E-state index in [1.165, 1.54) is 96.3 Å². The van der Waals surface area contributed by atoms with E-state index >= 15 is 0 Å². The smallest absolute Gasteiger partial charge is 0.462 e. The first-order chi connectivity index (χ1) is 40.0. The second-order valence-electron chi connectivity index (χ2n) is 22.9. The molecule has 0 amide bonds. The normalized spacial score (nSPS) is 14.4. The zero-order chi connectivity index (χ0) is 61.3. The van der Waals surface area contributed by atoms with Crippen molar-refractivity contribution < 1.29 is 80.2 Å². The van der Waals surface area contributed by atoms with E-state index in [0.717, 1.165) is 116 Å². The molecule has 0 rings (SSSR count). The zero-order valence-electron chi connectivity index (χ0n) is 52.8. The molecule has 0 aromatic rings. The average molecular weight is 1220 g/mol. The van der Waals surface area contributed by atoms with Crippen molar-refractivity contribution in [2.24, 2.45) is 5.92 Å². The molecule has 0 aliphatic rings. The summed E-state index contributed by atoms with van der Waals surface area (Å²) in [5.41, 5.74) is 0. The lowest BCUT2D eigenvalue weighted by Crippen LogP contribution is -2.30. The molecule has 83 heavy (non-hydrogen) atoms. The monoisotopic (exact) mass is 1220 g/mol. The van der Waals surface area contributed by atoms with Gasteiger partial charge in [0.05, 0.1) is 26.4 Å². The Bertz CT molecular complexity index is 1710. The van der Waals surface area contributed by atoms with E-state index < -0.39 is 97.5 Å². The average Bonchev–Trinajstić information content (AvgIpc) is 3.46. The highest BCUT2D eigenvalue weighted by molar-refractivity contribution is 7.47. The fraction of sp³-hybridized carbons (Fsp3) is 0.875. The largest absolute Gasteiger partial charge is 0.472 e. The summed E-state index contributed by atoms with van der Waals surface area (Å²) >= 11 is 0. The second kappa shape index (κ2) is 57.3. The molecule has 2 unspecified atom stereocenters. The van der Waals surface area contributed by atoms with E-state index in [2.05, 4.69) is 58.9 Å². The number of rotatable bonds is 62. The molecule has 0 saturated heterocycles. The highest BCUT2D eigenvalue weighted by atomic mass is 31.2. The van der Waals surface area contributed by atoms with Gasteiger partial charge in [-0.15, -0.1) is 0 Å². The van der Waals surface area contributed by atoms with Gasteiger partial charge >= 0.3 is 39.5 Å². The predicted octanol–water partition coefficient (Wildman–Crippen LogP) is 17.3. The number of carbonyl (C=O) groups excluding carboxylic acids is 4. The molecule has 5 atom stereocenters. The van der Waals surface area contributed by atoms with Crippen molar-refractivity contribution in [1.82, 2.24) is 0 Å². The Labute approximate surface area is 503 Å². The summed E-state index contributed by atoms with van der Waals surface area (Å²) in [6.45, 7) is 7.03. The molecule has 17 nitrogen and oxygen atoms in total. The number of esters is 4. The summed E-state index contributed by atoms with van der Waals surface area (Å²) < 4.78 is 67.9. The minimum absolute atomic E-state index is 0.0842. The van der Waals surface area contributed by atoms with Crippen molar-refractivity contribution in [3.8, 4) is 0 Å². The molecule has 488 valence electrons. The lowest BCUT2D eigenvalue weighted by Gasteiger charge is -2.21. The quantitative estimate of drug-likeness (QED) is 0.0169. The molecule has 0 saturated carbocycles. The number of unbranched alkanes of at least 4 members (excludes halogenated alkanes) is 31. The molecule has 19 heteroatoms. The van der Waals surface area contributed by atoms with Gasteiger partial charge in [0.15, 0.2) is 12.2 Å². The standard InChI is InChI=1S/C64H120O17P2/c1-6-9-12-15-18-21-23-24-25-26-27-29-34-40-45-50-64(69)81-60(54-75-62(67)48-43-38-35-30-31-36-41-46-57(4)5)56-79-83(72,73)77-52-58(65)51-76-82(70,71)78-55-59(53-74-61(66)47-42-37-32-20-17-14-11-8-3)80-63(68)49-44-39-33-28-22-19-16-13-10-7-2/h21,23-25,57-60,65H,6-20,22,26-56H2,1-5H3,(H,70,71)(H,72,73)/b23-21-,25-24-/t58-,59+,60+/m0/s1. The summed E-state index contributed by atoms with van der Waals surface area (Å²) in [6, 6.07) is 0. The van der Waals surface area contributed by atoms with Crippen LogP contribution in [-0.4, -0.2) is 96.7 Å². The third-order valence-electron chi connectivity index (χ3n) is 14.2. The lowest BCUT2D eigenvalue weighted by molar-refractivity contribution is -0.161. The minimum atomic E-state index is -4.95. The van der Waals surface area contributed by atoms with Crippen LogP contribution in [0.2, 0.25) is 0 Å². The summed E-state index contributed by atoms with van der Waals surface area (Å²) in [4.78, 5) is 72.1. The topological polar surface area (TPSA) is 237 Å². The number of aliphatic hydroxyl groups excluding tert-OH is 1. The van der Waals surface area contributed by atoms with Crippen LogP contribution < -0.4 is 0 Å². The highest BCUT2D eigenvalue weighted by Gasteiger charge is 2.30. The first-order valence-corrected chi connectivity index (χ1v) is 35.9. The Balaban J connectivity index is 5.25. The first kappa shape index (κ1) is 80.5. The molecule has 0 heterocycles. The molecule has 0 spiro atoms. The van der Waals surface area contributed by atoms with Gasteiger partial charge in [0.2, 0.25) is 0 Å². The summed E-state index contributed by atoms with van der Waals surface area (Å²) in [7, 11) is -9.89. The molecule has 0 aromatic heterocycles. The Morgan fingerprint density at radius 2 is 0.651 bits per heavy atom. The molecule has 0 aliphatic carbocycles.